The number of benzene rings is 2. The Bertz CT molecular complexity index is 1290. The van der Waals surface area contributed by atoms with Gasteiger partial charge in [0.05, 0.1) is 4.90 Å². The first-order valence-corrected chi connectivity index (χ1v) is 11.9. The number of nitrogens with zero attached hydrogens (tertiary/aromatic N) is 3. The SMILES string of the molecule is CC(=O)Nc1ccc(NS(=O)(=O)c2cc(-c3noc(C(=O)N4CCCC4)n3)ccc2C)cc1. The molecule has 11 heteroatoms. The molecule has 10 nitrogen and oxygen atoms in total. The molecule has 0 spiro atoms. The van der Waals surface area contributed by atoms with Gasteiger partial charge in [-0.3, -0.25) is 14.3 Å². The third-order valence-electron chi connectivity index (χ3n) is 5.20. The van der Waals surface area contributed by atoms with Gasteiger partial charge in [0, 0.05) is 37.0 Å². The molecule has 1 saturated heterocycles. The van der Waals surface area contributed by atoms with Crippen LogP contribution in [0.3, 0.4) is 0 Å². The molecule has 1 aliphatic rings. The summed E-state index contributed by atoms with van der Waals surface area (Å²) in [7, 11) is -3.93. The minimum atomic E-state index is -3.93. The van der Waals surface area contributed by atoms with Crippen LogP contribution in [0.25, 0.3) is 11.4 Å². The van der Waals surface area contributed by atoms with Crippen LogP contribution >= 0.6 is 0 Å². The zero-order chi connectivity index (χ0) is 23.6. The lowest BCUT2D eigenvalue weighted by Gasteiger charge is -2.12. The topological polar surface area (TPSA) is 134 Å². The van der Waals surface area contributed by atoms with E-state index in [4.69, 9.17) is 4.52 Å². The lowest BCUT2D eigenvalue weighted by molar-refractivity contribution is -0.114. The molecule has 0 saturated carbocycles. The Kier molecular flexibility index (Phi) is 6.14. The Balaban J connectivity index is 1.56. The molecule has 0 bridgehead atoms. The highest BCUT2D eigenvalue weighted by molar-refractivity contribution is 7.92. The fraction of sp³-hybridized carbons (Fsp3) is 0.273. The lowest BCUT2D eigenvalue weighted by atomic mass is 10.1. The maximum atomic E-state index is 13.1. The molecule has 0 unspecified atom stereocenters. The first-order chi connectivity index (χ1) is 15.7. The number of carbonyl (C=O) groups is 2. The van der Waals surface area contributed by atoms with Crippen LogP contribution in [0.4, 0.5) is 11.4 Å². The lowest BCUT2D eigenvalue weighted by Crippen LogP contribution is -2.27. The summed E-state index contributed by atoms with van der Waals surface area (Å²) < 4.78 is 33.8. The number of hydrogen-bond donors (Lipinski definition) is 2. The Morgan fingerprint density at radius 1 is 1.03 bits per heavy atom. The molecule has 0 radical (unpaired) electrons. The third-order valence-corrected chi connectivity index (χ3v) is 6.72. The number of amides is 2. The van der Waals surface area contributed by atoms with Crippen LogP contribution in [0.1, 0.15) is 36.0 Å². The molecule has 33 heavy (non-hydrogen) atoms. The maximum absolute atomic E-state index is 13.1. The van der Waals surface area contributed by atoms with E-state index < -0.39 is 10.0 Å². The molecule has 0 atom stereocenters. The molecule has 172 valence electrons. The van der Waals surface area contributed by atoms with Gasteiger partial charge in [0.25, 0.3) is 10.0 Å². The molecule has 2 heterocycles. The fourth-order valence-electron chi connectivity index (χ4n) is 3.55. The van der Waals surface area contributed by atoms with E-state index in [1.165, 1.54) is 13.0 Å². The zero-order valence-corrected chi connectivity index (χ0v) is 19.0. The Morgan fingerprint density at radius 2 is 1.70 bits per heavy atom. The van der Waals surface area contributed by atoms with E-state index in [-0.39, 0.29) is 28.4 Å². The second-order valence-corrected chi connectivity index (χ2v) is 9.42. The number of anilines is 2. The van der Waals surface area contributed by atoms with Crippen molar-refractivity contribution in [2.75, 3.05) is 23.1 Å². The van der Waals surface area contributed by atoms with Crippen LogP contribution in [0.5, 0.6) is 0 Å². The number of carbonyl (C=O) groups excluding carboxylic acids is 2. The molecule has 2 N–H and O–H groups in total. The van der Waals surface area contributed by atoms with Crippen LogP contribution in [0, 0.1) is 6.92 Å². The number of aromatic nitrogens is 2. The van der Waals surface area contributed by atoms with Crippen molar-refractivity contribution in [2.24, 2.45) is 0 Å². The Hall–Kier alpha value is -3.73. The highest BCUT2D eigenvalue weighted by Crippen LogP contribution is 2.26. The highest BCUT2D eigenvalue weighted by atomic mass is 32.2. The average molecular weight is 470 g/mol. The van der Waals surface area contributed by atoms with Gasteiger partial charge in [0.2, 0.25) is 11.7 Å². The van der Waals surface area contributed by atoms with Gasteiger partial charge >= 0.3 is 11.8 Å². The van der Waals surface area contributed by atoms with Gasteiger partial charge in [-0.25, -0.2) is 8.42 Å². The smallest absolute Gasteiger partial charge is 0.316 e. The second kappa shape index (κ2) is 9.02. The minimum absolute atomic E-state index is 0.0446. The normalized spacial score (nSPS) is 13.7. The number of nitrogens with one attached hydrogen (secondary N) is 2. The molecule has 1 aromatic heterocycles. The molecule has 3 aromatic rings. The quantitative estimate of drug-likeness (QED) is 0.566. The molecular weight excluding hydrogens is 446 g/mol. The van der Waals surface area contributed by atoms with Crippen LogP contribution in [-0.4, -0.2) is 48.4 Å². The molecule has 1 fully saturated rings. The van der Waals surface area contributed by atoms with Crippen molar-refractivity contribution in [2.45, 2.75) is 31.6 Å². The third kappa shape index (κ3) is 5.03. The van der Waals surface area contributed by atoms with Gasteiger partial charge in [-0.05, 0) is 55.7 Å². The Labute approximate surface area is 191 Å². The molecule has 2 aromatic carbocycles. The number of aryl methyl sites for hydroxylation is 1. The number of sulfonamides is 1. The van der Waals surface area contributed by atoms with E-state index in [9.17, 15) is 18.0 Å². The van der Waals surface area contributed by atoms with Crippen molar-refractivity contribution in [1.82, 2.24) is 15.0 Å². The first-order valence-electron chi connectivity index (χ1n) is 10.4. The van der Waals surface area contributed by atoms with E-state index in [1.54, 1.807) is 48.2 Å². The molecule has 2 amide bonds. The Morgan fingerprint density at radius 3 is 2.36 bits per heavy atom. The van der Waals surface area contributed by atoms with E-state index in [0.29, 0.717) is 35.6 Å². The maximum Gasteiger partial charge on any atom is 0.316 e. The van der Waals surface area contributed by atoms with Crippen molar-refractivity contribution >= 4 is 33.2 Å². The summed E-state index contributed by atoms with van der Waals surface area (Å²) in [5.41, 5.74) is 1.83. The van der Waals surface area contributed by atoms with Crippen molar-refractivity contribution in [3.63, 3.8) is 0 Å². The number of rotatable bonds is 6. The molecule has 1 aliphatic heterocycles. The second-order valence-electron chi connectivity index (χ2n) is 7.77. The summed E-state index contributed by atoms with van der Waals surface area (Å²) in [5.74, 6) is -0.527. The van der Waals surface area contributed by atoms with E-state index in [0.717, 1.165) is 12.8 Å². The van der Waals surface area contributed by atoms with Gasteiger partial charge in [-0.1, -0.05) is 17.3 Å². The van der Waals surface area contributed by atoms with Crippen LogP contribution in [0.15, 0.2) is 51.9 Å². The van der Waals surface area contributed by atoms with E-state index in [2.05, 4.69) is 20.2 Å². The minimum Gasteiger partial charge on any atom is -0.334 e. The first kappa shape index (κ1) is 22.5. The van der Waals surface area contributed by atoms with Crippen LogP contribution < -0.4 is 10.0 Å². The summed E-state index contributed by atoms with van der Waals surface area (Å²) in [4.78, 5) is 29.5. The van der Waals surface area contributed by atoms with Gasteiger partial charge in [0.15, 0.2) is 0 Å². The van der Waals surface area contributed by atoms with E-state index in [1.807, 2.05) is 0 Å². The van der Waals surface area contributed by atoms with Crippen LogP contribution in [0.2, 0.25) is 0 Å². The summed E-state index contributed by atoms with van der Waals surface area (Å²) in [5, 5.41) is 6.49. The number of likely N-dealkylation sites (tertiary alicyclic amines) is 1. The van der Waals surface area contributed by atoms with Crippen molar-refractivity contribution in [3.05, 3.63) is 53.9 Å². The summed E-state index contributed by atoms with van der Waals surface area (Å²) in [6, 6.07) is 11.1. The van der Waals surface area contributed by atoms with E-state index >= 15 is 0 Å². The standard InChI is InChI=1S/C22H23N5O5S/c1-14-5-6-16(20-24-21(32-25-20)22(29)27-11-3-4-12-27)13-19(14)33(30,31)26-18-9-7-17(8-10-18)23-15(2)28/h5-10,13,26H,3-4,11-12H2,1-2H3,(H,23,28). The summed E-state index contributed by atoms with van der Waals surface area (Å²) >= 11 is 0. The largest absolute Gasteiger partial charge is 0.334 e. The number of hydrogen-bond acceptors (Lipinski definition) is 7. The van der Waals surface area contributed by atoms with Gasteiger partial charge < -0.3 is 14.7 Å². The van der Waals surface area contributed by atoms with Gasteiger partial charge in [-0.2, -0.15) is 4.98 Å². The fourth-order valence-corrected chi connectivity index (χ4v) is 4.88. The monoisotopic (exact) mass is 469 g/mol. The van der Waals surface area contributed by atoms with Gasteiger partial charge in [-0.15, -0.1) is 0 Å². The highest BCUT2D eigenvalue weighted by Gasteiger charge is 2.26. The zero-order valence-electron chi connectivity index (χ0n) is 18.2. The molecule has 4 rings (SSSR count). The predicted octanol–water partition coefficient (Wildman–Crippen LogP) is 3.04. The average Bonchev–Trinajstić information content (AvgIpc) is 3.47. The summed E-state index contributed by atoms with van der Waals surface area (Å²) in [6.07, 6.45) is 1.88. The van der Waals surface area contributed by atoms with Gasteiger partial charge in [0.1, 0.15) is 0 Å². The molecular formula is C22H23N5O5S. The van der Waals surface area contributed by atoms with Crippen molar-refractivity contribution in [3.8, 4) is 11.4 Å². The molecule has 0 aliphatic carbocycles. The van der Waals surface area contributed by atoms with Crippen LogP contribution in [-0.2, 0) is 14.8 Å². The summed E-state index contributed by atoms with van der Waals surface area (Å²) in [6.45, 7) is 4.38. The predicted molar refractivity (Wildman–Crippen MR) is 121 cm³/mol. The van der Waals surface area contributed by atoms with Crippen molar-refractivity contribution in [1.29, 1.82) is 0 Å². The van der Waals surface area contributed by atoms with Crippen molar-refractivity contribution < 1.29 is 22.5 Å².